The van der Waals surface area contributed by atoms with E-state index in [1.54, 1.807) is 25.1 Å². The molecule has 0 N–H and O–H groups in total. The van der Waals surface area contributed by atoms with E-state index in [2.05, 4.69) is 0 Å². The molecule has 34 heavy (non-hydrogen) atoms. The molecule has 1 fully saturated rings. The maximum Gasteiger partial charge on any atom is 0.338 e. The zero-order valence-corrected chi connectivity index (χ0v) is 19.8. The van der Waals surface area contributed by atoms with Crippen molar-refractivity contribution >= 4 is 21.8 Å². The molecule has 0 atom stereocenters. The second-order valence-corrected chi connectivity index (χ2v) is 10.2. The summed E-state index contributed by atoms with van der Waals surface area (Å²) in [5.41, 5.74) is 2.58. The van der Waals surface area contributed by atoms with Gasteiger partial charge in [0.2, 0.25) is 15.8 Å². The number of esters is 1. The molecule has 1 aliphatic rings. The minimum absolute atomic E-state index is 0.0259. The van der Waals surface area contributed by atoms with Gasteiger partial charge in [0.15, 0.2) is 6.61 Å². The molecule has 0 unspecified atom stereocenters. The first-order valence-electron chi connectivity index (χ1n) is 10.9. The molecule has 1 aromatic heterocycles. The van der Waals surface area contributed by atoms with Crippen LogP contribution in [-0.4, -0.2) is 48.7 Å². The van der Waals surface area contributed by atoms with Gasteiger partial charge in [-0.3, -0.25) is 4.79 Å². The van der Waals surface area contributed by atoms with Crippen molar-refractivity contribution in [2.75, 3.05) is 19.7 Å². The number of carbonyl (C=O) groups is 2. The van der Waals surface area contributed by atoms with Crippen molar-refractivity contribution in [3.8, 4) is 5.69 Å². The van der Waals surface area contributed by atoms with Crippen molar-refractivity contribution in [1.29, 1.82) is 0 Å². The Morgan fingerprint density at radius 2 is 1.68 bits per heavy atom. The number of ketones is 1. The molecular formula is C25H25FN2O5S. The second kappa shape index (κ2) is 9.52. The quantitative estimate of drug-likeness (QED) is 0.373. The van der Waals surface area contributed by atoms with Gasteiger partial charge in [-0.1, -0.05) is 6.07 Å². The lowest BCUT2D eigenvalue weighted by Crippen LogP contribution is -2.28. The molecule has 2 heterocycles. The summed E-state index contributed by atoms with van der Waals surface area (Å²) in [6.07, 6.45) is 1.62. The Kier molecular flexibility index (Phi) is 6.67. The first-order valence-corrected chi connectivity index (χ1v) is 12.4. The normalized spacial score (nSPS) is 14.3. The lowest BCUT2D eigenvalue weighted by Gasteiger charge is -2.15. The Balaban J connectivity index is 1.47. The molecule has 178 valence electrons. The predicted octanol–water partition coefficient (Wildman–Crippen LogP) is 4.06. The minimum atomic E-state index is -3.67. The van der Waals surface area contributed by atoms with Crippen LogP contribution in [0.15, 0.2) is 59.5 Å². The van der Waals surface area contributed by atoms with Crippen molar-refractivity contribution in [1.82, 2.24) is 8.87 Å². The molecule has 9 heteroatoms. The van der Waals surface area contributed by atoms with Crippen LogP contribution in [-0.2, 0) is 14.8 Å². The third-order valence-electron chi connectivity index (χ3n) is 5.92. The topological polar surface area (TPSA) is 85.7 Å². The zero-order chi connectivity index (χ0) is 24.5. The first-order chi connectivity index (χ1) is 16.2. The second-order valence-electron chi connectivity index (χ2n) is 8.23. The van der Waals surface area contributed by atoms with E-state index in [1.807, 2.05) is 11.5 Å². The number of Topliss-reactive ketones (excluding diaryl/α,β-unsaturated/α-hetero) is 1. The summed E-state index contributed by atoms with van der Waals surface area (Å²) in [5, 5.41) is 0. The SMILES string of the molecule is Cc1cc(C(=O)COC(=O)c2cccc(S(=O)(=O)N3CCCC3)c2)c(C)n1-c1ccc(F)cc1. The van der Waals surface area contributed by atoms with Crippen molar-refractivity contribution in [3.05, 3.63) is 82.9 Å². The van der Waals surface area contributed by atoms with E-state index in [9.17, 15) is 22.4 Å². The van der Waals surface area contributed by atoms with E-state index in [0.717, 1.165) is 18.5 Å². The Morgan fingerprint density at radius 1 is 1.00 bits per heavy atom. The average Bonchev–Trinajstić information content (AvgIpc) is 3.47. The van der Waals surface area contributed by atoms with Gasteiger partial charge in [-0.2, -0.15) is 4.31 Å². The maximum atomic E-state index is 13.3. The number of ether oxygens (including phenoxy) is 1. The Morgan fingerprint density at radius 3 is 2.35 bits per heavy atom. The fourth-order valence-corrected chi connectivity index (χ4v) is 5.75. The Bertz CT molecular complexity index is 1340. The van der Waals surface area contributed by atoms with Crippen molar-refractivity contribution < 1.29 is 27.1 Å². The highest BCUT2D eigenvalue weighted by Gasteiger charge is 2.28. The molecule has 0 amide bonds. The van der Waals surface area contributed by atoms with Crippen LogP contribution >= 0.6 is 0 Å². The lowest BCUT2D eigenvalue weighted by molar-refractivity contribution is 0.0474. The van der Waals surface area contributed by atoms with Crippen LogP contribution in [0.1, 0.15) is 44.9 Å². The summed E-state index contributed by atoms with van der Waals surface area (Å²) in [4.78, 5) is 25.4. The van der Waals surface area contributed by atoms with Crippen LogP contribution < -0.4 is 0 Å². The highest BCUT2D eigenvalue weighted by Crippen LogP contribution is 2.23. The summed E-state index contributed by atoms with van der Waals surface area (Å²) in [6, 6.07) is 13.3. The molecule has 2 aromatic carbocycles. The maximum absolute atomic E-state index is 13.3. The summed E-state index contributed by atoms with van der Waals surface area (Å²) < 4.78 is 47.2. The smallest absolute Gasteiger partial charge is 0.338 e. The van der Waals surface area contributed by atoms with E-state index in [0.29, 0.717) is 30.0 Å². The highest BCUT2D eigenvalue weighted by molar-refractivity contribution is 7.89. The van der Waals surface area contributed by atoms with Gasteiger partial charge in [0, 0.05) is 35.7 Å². The number of aromatic nitrogens is 1. The number of aryl methyl sites for hydroxylation is 1. The van der Waals surface area contributed by atoms with Gasteiger partial charge >= 0.3 is 5.97 Å². The lowest BCUT2D eigenvalue weighted by atomic mass is 10.1. The predicted molar refractivity (Wildman–Crippen MR) is 124 cm³/mol. The standard InChI is InChI=1S/C25H25FN2O5S/c1-17-14-23(18(2)28(17)21-10-8-20(26)9-11-21)24(29)16-33-25(30)19-6-5-7-22(15-19)34(31,32)27-12-3-4-13-27/h5-11,14-15H,3-4,12-13,16H2,1-2H3. The van der Waals surface area contributed by atoms with Gasteiger partial charge in [-0.05, 0) is 75.2 Å². The molecule has 0 aliphatic carbocycles. The van der Waals surface area contributed by atoms with E-state index in [1.165, 1.54) is 40.7 Å². The van der Waals surface area contributed by atoms with Gasteiger partial charge in [0.25, 0.3) is 0 Å². The van der Waals surface area contributed by atoms with Crippen LogP contribution in [0.2, 0.25) is 0 Å². The van der Waals surface area contributed by atoms with Gasteiger partial charge in [0.1, 0.15) is 5.82 Å². The van der Waals surface area contributed by atoms with E-state index in [4.69, 9.17) is 4.74 Å². The van der Waals surface area contributed by atoms with E-state index in [-0.39, 0.29) is 16.3 Å². The van der Waals surface area contributed by atoms with E-state index >= 15 is 0 Å². The summed E-state index contributed by atoms with van der Waals surface area (Å²) in [5.74, 6) is -1.53. The van der Waals surface area contributed by atoms with Crippen molar-refractivity contribution in [2.24, 2.45) is 0 Å². The average molecular weight is 485 g/mol. The number of sulfonamides is 1. The van der Waals surface area contributed by atoms with Crippen molar-refractivity contribution in [3.63, 3.8) is 0 Å². The molecule has 0 saturated carbocycles. The summed E-state index contributed by atoms with van der Waals surface area (Å²) in [7, 11) is -3.67. The van der Waals surface area contributed by atoms with Crippen LogP contribution in [0.5, 0.6) is 0 Å². The number of hydrogen-bond acceptors (Lipinski definition) is 5. The third-order valence-corrected chi connectivity index (χ3v) is 7.82. The number of hydrogen-bond donors (Lipinski definition) is 0. The third kappa shape index (κ3) is 4.67. The van der Waals surface area contributed by atoms with Crippen LogP contribution in [0, 0.1) is 19.7 Å². The van der Waals surface area contributed by atoms with Gasteiger partial charge in [-0.15, -0.1) is 0 Å². The molecule has 0 bridgehead atoms. The molecule has 0 spiro atoms. The highest BCUT2D eigenvalue weighted by atomic mass is 32.2. The van der Waals surface area contributed by atoms with Gasteiger partial charge in [-0.25, -0.2) is 17.6 Å². The molecular weight excluding hydrogens is 459 g/mol. The van der Waals surface area contributed by atoms with Crippen molar-refractivity contribution in [2.45, 2.75) is 31.6 Å². The van der Waals surface area contributed by atoms with Crippen LogP contribution in [0.4, 0.5) is 4.39 Å². The van der Waals surface area contributed by atoms with E-state index < -0.39 is 28.4 Å². The minimum Gasteiger partial charge on any atom is -0.454 e. The summed E-state index contributed by atoms with van der Waals surface area (Å²) >= 11 is 0. The first kappa shape index (κ1) is 23.8. The number of rotatable bonds is 7. The molecule has 7 nitrogen and oxygen atoms in total. The fraction of sp³-hybridized carbons (Fsp3) is 0.280. The number of halogens is 1. The molecule has 1 saturated heterocycles. The number of nitrogens with zero attached hydrogens (tertiary/aromatic N) is 2. The number of benzene rings is 2. The Hall–Kier alpha value is -3.30. The Labute approximate surface area is 197 Å². The largest absolute Gasteiger partial charge is 0.454 e. The number of carbonyl (C=O) groups excluding carboxylic acids is 2. The van der Waals surface area contributed by atoms with Crippen LogP contribution in [0.3, 0.4) is 0 Å². The fourth-order valence-electron chi connectivity index (χ4n) is 4.19. The zero-order valence-electron chi connectivity index (χ0n) is 19.0. The molecule has 0 radical (unpaired) electrons. The molecule has 4 rings (SSSR count). The van der Waals surface area contributed by atoms with Gasteiger partial charge < -0.3 is 9.30 Å². The summed E-state index contributed by atoms with van der Waals surface area (Å²) in [6.45, 7) is 4.02. The van der Waals surface area contributed by atoms with Gasteiger partial charge in [0.05, 0.1) is 10.5 Å². The molecule has 3 aromatic rings. The molecule has 1 aliphatic heterocycles. The van der Waals surface area contributed by atoms with Crippen LogP contribution in [0.25, 0.3) is 5.69 Å². The monoisotopic (exact) mass is 484 g/mol.